The molecule has 0 fully saturated rings. The molecule has 2 aromatic heterocycles. The number of nitrogens with zero attached hydrogens (tertiary/aromatic N) is 3. The van der Waals surface area contributed by atoms with Gasteiger partial charge in [0.05, 0.1) is 11.2 Å². The number of ether oxygens (including phenoxy) is 1. The first-order valence-electron chi connectivity index (χ1n) is 6.83. The Morgan fingerprint density at radius 3 is 2.86 bits per heavy atom. The molecule has 3 rings (SSSR count). The highest BCUT2D eigenvalue weighted by Crippen LogP contribution is 2.31. The molecule has 2 heterocycles. The van der Waals surface area contributed by atoms with Gasteiger partial charge in [-0.1, -0.05) is 6.92 Å². The fraction of sp³-hybridized carbons (Fsp3) is 0.188. The topological polar surface area (TPSA) is 73.9 Å². The third kappa shape index (κ3) is 2.63. The second kappa shape index (κ2) is 5.36. The number of rotatable bonds is 3. The van der Waals surface area contributed by atoms with E-state index in [4.69, 9.17) is 10.5 Å². The summed E-state index contributed by atoms with van der Waals surface area (Å²) in [4.78, 5) is 13.0. The van der Waals surface area contributed by atoms with Gasteiger partial charge in [0.15, 0.2) is 0 Å². The van der Waals surface area contributed by atoms with E-state index in [1.165, 1.54) is 0 Å². The summed E-state index contributed by atoms with van der Waals surface area (Å²) in [5, 5.41) is 0.867. The van der Waals surface area contributed by atoms with Crippen molar-refractivity contribution >= 4 is 16.6 Å². The van der Waals surface area contributed by atoms with E-state index in [1.807, 2.05) is 38.1 Å². The van der Waals surface area contributed by atoms with Crippen LogP contribution >= 0.6 is 0 Å². The van der Waals surface area contributed by atoms with E-state index in [9.17, 15) is 0 Å². The smallest absolute Gasteiger partial charge is 0.222 e. The second-order valence-electron chi connectivity index (χ2n) is 4.75. The minimum atomic E-state index is 0.536. The maximum atomic E-state index is 5.94. The van der Waals surface area contributed by atoms with Gasteiger partial charge in [-0.3, -0.25) is 4.98 Å². The monoisotopic (exact) mass is 280 g/mol. The van der Waals surface area contributed by atoms with Gasteiger partial charge in [-0.25, -0.2) is 4.98 Å². The lowest BCUT2D eigenvalue weighted by atomic mass is 10.2. The molecule has 0 saturated carbocycles. The van der Waals surface area contributed by atoms with E-state index >= 15 is 0 Å². The molecule has 0 amide bonds. The zero-order valence-electron chi connectivity index (χ0n) is 12.0. The molecule has 5 nitrogen and oxygen atoms in total. The van der Waals surface area contributed by atoms with Crippen LogP contribution in [-0.4, -0.2) is 15.0 Å². The van der Waals surface area contributed by atoms with Gasteiger partial charge in [0, 0.05) is 23.3 Å². The quantitative estimate of drug-likeness (QED) is 0.745. The van der Waals surface area contributed by atoms with Gasteiger partial charge < -0.3 is 10.5 Å². The Balaban J connectivity index is 2.06. The molecule has 2 N–H and O–H groups in total. The third-order valence-electron chi connectivity index (χ3n) is 3.21. The highest BCUT2D eigenvalue weighted by Gasteiger charge is 2.09. The van der Waals surface area contributed by atoms with Crippen molar-refractivity contribution in [1.29, 1.82) is 0 Å². The van der Waals surface area contributed by atoms with Crippen LogP contribution in [0, 0.1) is 6.92 Å². The van der Waals surface area contributed by atoms with E-state index in [0.717, 1.165) is 23.0 Å². The molecule has 0 unspecified atom stereocenters. The minimum absolute atomic E-state index is 0.536. The molecule has 0 atom stereocenters. The first kappa shape index (κ1) is 13.3. The first-order valence-corrected chi connectivity index (χ1v) is 6.83. The molecule has 21 heavy (non-hydrogen) atoms. The van der Waals surface area contributed by atoms with E-state index in [-0.39, 0.29) is 0 Å². The number of pyridine rings is 1. The van der Waals surface area contributed by atoms with Crippen LogP contribution in [0.3, 0.4) is 0 Å². The number of aromatic nitrogens is 3. The number of nitrogens with two attached hydrogens (primary N) is 1. The van der Waals surface area contributed by atoms with Crippen LogP contribution in [0.4, 0.5) is 5.69 Å². The summed E-state index contributed by atoms with van der Waals surface area (Å²) in [7, 11) is 0. The van der Waals surface area contributed by atoms with E-state index in [2.05, 4.69) is 15.0 Å². The number of hydrogen-bond acceptors (Lipinski definition) is 5. The number of fused-ring (bicyclic) bond motifs is 1. The fourth-order valence-electron chi connectivity index (χ4n) is 2.20. The van der Waals surface area contributed by atoms with Gasteiger partial charge in [0.1, 0.15) is 11.6 Å². The Bertz CT molecular complexity index is 801. The largest absolute Gasteiger partial charge is 0.438 e. The summed E-state index contributed by atoms with van der Waals surface area (Å²) in [6, 6.07) is 9.27. The van der Waals surface area contributed by atoms with Gasteiger partial charge in [-0.05, 0) is 37.6 Å². The number of benzene rings is 1. The SMILES string of the molecule is CCc1cc(Oc2ccc(N)c3ncccc23)nc(C)n1. The third-order valence-corrected chi connectivity index (χ3v) is 3.21. The van der Waals surface area contributed by atoms with Gasteiger partial charge in [-0.15, -0.1) is 0 Å². The van der Waals surface area contributed by atoms with Gasteiger partial charge in [-0.2, -0.15) is 4.98 Å². The van der Waals surface area contributed by atoms with E-state index < -0.39 is 0 Å². The zero-order chi connectivity index (χ0) is 14.8. The fourth-order valence-corrected chi connectivity index (χ4v) is 2.20. The summed E-state index contributed by atoms with van der Waals surface area (Å²) >= 11 is 0. The highest BCUT2D eigenvalue weighted by molar-refractivity contribution is 5.93. The first-order chi connectivity index (χ1) is 10.2. The Morgan fingerprint density at radius 2 is 2.05 bits per heavy atom. The second-order valence-corrected chi connectivity index (χ2v) is 4.75. The minimum Gasteiger partial charge on any atom is -0.438 e. The van der Waals surface area contributed by atoms with Crippen molar-refractivity contribution < 1.29 is 4.74 Å². The molecule has 1 aromatic carbocycles. The molecular weight excluding hydrogens is 264 g/mol. The standard InChI is InChI=1S/C16H16N4O/c1-3-11-9-15(20-10(2)19-11)21-14-7-6-13(17)16-12(14)5-4-8-18-16/h4-9H,3,17H2,1-2H3. The van der Waals surface area contributed by atoms with Crippen molar-refractivity contribution in [2.24, 2.45) is 0 Å². The van der Waals surface area contributed by atoms with Crippen molar-refractivity contribution in [3.8, 4) is 11.6 Å². The van der Waals surface area contributed by atoms with Crippen LogP contribution in [0.5, 0.6) is 11.6 Å². The molecule has 5 heteroatoms. The van der Waals surface area contributed by atoms with Crippen molar-refractivity contribution in [1.82, 2.24) is 15.0 Å². The van der Waals surface area contributed by atoms with Crippen LogP contribution in [-0.2, 0) is 6.42 Å². The van der Waals surface area contributed by atoms with Gasteiger partial charge in [0.2, 0.25) is 5.88 Å². The molecule has 106 valence electrons. The van der Waals surface area contributed by atoms with Crippen molar-refractivity contribution in [3.05, 3.63) is 48.0 Å². The van der Waals surface area contributed by atoms with Crippen molar-refractivity contribution in [3.63, 3.8) is 0 Å². The van der Waals surface area contributed by atoms with Crippen molar-refractivity contribution in [2.45, 2.75) is 20.3 Å². The summed E-state index contributed by atoms with van der Waals surface area (Å²) in [5.41, 5.74) is 8.26. The lowest BCUT2D eigenvalue weighted by molar-refractivity contribution is 0.463. The molecule has 0 aliphatic heterocycles. The van der Waals surface area contributed by atoms with Crippen LogP contribution in [0.15, 0.2) is 36.5 Å². The summed E-state index contributed by atoms with van der Waals surface area (Å²) in [5.74, 6) is 1.92. The van der Waals surface area contributed by atoms with Crippen LogP contribution in [0.1, 0.15) is 18.4 Å². The Morgan fingerprint density at radius 1 is 1.19 bits per heavy atom. The average Bonchev–Trinajstić information content (AvgIpc) is 2.50. The molecule has 0 saturated heterocycles. The summed E-state index contributed by atoms with van der Waals surface area (Å²) < 4.78 is 5.92. The molecule has 0 spiro atoms. The van der Waals surface area contributed by atoms with Gasteiger partial charge in [0.25, 0.3) is 0 Å². The Kier molecular flexibility index (Phi) is 3.39. The Labute approximate surface area is 122 Å². The molecule has 0 radical (unpaired) electrons. The molecule has 0 bridgehead atoms. The van der Waals surface area contributed by atoms with Crippen LogP contribution in [0.2, 0.25) is 0 Å². The summed E-state index contributed by atoms with van der Waals surface area (Å²) in [6.07, 6.45) is 2.55. The number of anilines is 1. The van der Waals surface area contributed by atoms with E-state index in [0.29, 0.717) is 23.1 Å². The number of hydrogen-bond donors (Lipinski definition) is 1. The number of nitrogen functional groups attached to an aromatic ring is 1. The maximum Gasteiger partial charge on any atom is 0.222 e. The molecule has 3 aromatic rings. The lowest BCUT2D eigenvalue weighted by Gasteiger charge is -2.10. The lowest BCUT2D eigenvalue weighted by Crippen LogP contribution is -1.98. The van der Waals surface area contributed by atoms with E-state index in [1.54, 1.807) is 12.3 Å². The average molecular weight is 280 g/mol. The predicted molar refractivity (Wildman–Crippen MR) is 82.4 cm³/mol. The maximum absolute atomic E-state index is 5.94. The molecule has 0 aliphatic carbocycles. The molecular formula is C16H16N4O. The van der Waals surface area contributed by atoms with Crippen LogP contribution < -0.4 is 10.5 Å². The van der Waals surface area contributed by atoms with Crippen molar-refractivity contribution in [2.75, 3.05) is 5.73 Å². The predicted octanol–water partition coefficient (Wildman–Crippen LogP) is 3.27. The molecule has 0 aliphatic rings. The normalized spacial score (nSPS) is 10.8. The van der Waals surface area contributed by atoms with Crippen LogP contribution in [0.25, 0.3) is 10.9 Å². The highest BCUT2D eigenvalue weighted by atomic mass is 16.5. The zero-order valence-corrected chi connectivity index (χ0v) is 12.0. The number of aryl methyl sites for hydroxylation is 2. The Hall–Kier alpha value is -2.69. The summed E-state index contributed by atoms with van der Waals surface area (Å²) in [6.45, 7) is 3.91. The van der Waals surface area contributed by atoms with Gasteiger partial charge >= 0.3 is 0 Å².